The fraction of sp³-hybridized carbons (Fsp3) is 0.316. The van der Waals surface area contributed by atoms with Crippen LogP contribution in [0.1, 0.15) is 47.2 Å². The Balaban J connectivity index is 1.72. The van der Waals surface area contributed by atoms with Crippen molar-refractivity contribution in [3.05, 3.63) is 53.3 Å². The van der Waals surface area contributed by atoms with Crippen molar-refractivity contribution in [1.82, 2.24) is 4.98 Å². The van der Waals surface area contributed by atoms with Gasteiger partial charge in [-0.15, -0.1) is 0 Å². The summed E-state index contributed by atoms with van der Waals surface area (Å²) in [6, 6.07) is 9.17. The zero-order valence-electron chi connectivity index (χ0n) is 14.4. The van der Waals surface area contributed by atoms with Crippen molar-refractivity contribution in [2.75, 3.05) is 4.90 Å². The molecule has 1 N–H and O–H groups in total. The van der Waals surface area contributed by atoms with Gasteiger partial charge in [0.25, 0.3) is 5.91 Å². The lowest BCUT2D eigenvalue weighted by Crippen LogP contribution is -2.43. The molecule has 25 heavy (non-hydrogen) atoms. The predicted octanol–water partition coefficient (Wildman–Crippen LogP) is 2.74. The van der Waals surface area contributed by atoms with Gasteiger partial charge in [-0.25, -0.2) is 4.79 Å². The number of amides is 1. The standard InChI is InChI=1S/C19H20N2O4/c1-11-8-14-6-4-5-7-17(14)21(11)18(23)13(3)25-19(24)16-9-15(10-20-16)12(2)22/h4-7,9-11,13,20H,8H2,1-3H3/t11-,13-/m1/s1. The van der Waals surface area contributed by atoms with Gasteiger partial charge in [0.2, 0.25) is 0 Å². The maximum Gasteiger partial charge on any atom is 0.355 e. The summed E-state index contributed by atoms with van der Waals surface area (Å²) in [5.41, 5.74) is 2.52. The van der Waals surface area contributed by atoms with Gasteiger partial charge in [0, 0.05) is 23.5 Å². The molecular formula is C19H20N2O4. The van der Waals surface area contributed by atoms with E-state index in [-0.39, 0.29) is 23.4 Å². The molecule has 2 heterocycles. The predicted molar refractivity (Wildman–Crippen MR) is 92.8 cm³/mol. The largest absolute Gasteiger partial charge is 0.448 e. The maximum atomic E-state index is 12.8. The minimum Gasteiger partial charge on any atom is -0.448 e. The SMILES string of the molecule is CC(=O)c1c[nH]c(C(=O)O[C@H](C)C(=O)N2c3ccccc3C[C@H]2C)c1. The van der Waals surface area contributed by atoms with E-state index in [1.807, 2.05) is 31.2 Å². The molecule has 0 fully saturated rings. The number of aromatic nitrogens is 1. The monoisotopic (exact) mass is 340 g/mol. The van der Waals surface area contributed by atoms with Crippen LogP contribution in [0.3, 0.4) is 0 Å². The van der Waals surface area contributed by atoms with Crippen LogP contribution in [0.15, 0.2) is 36.5 Å². The number of nitrogens with one attached hydrogen (secondary N) is 1. The summed E-state index contributed by atoms with van der Waals surface area (Å²) < 4.78 is 5.29. The fourth-order valence-corrected chi connectivity index (χ4v) is 3.09. The molecule has 0 spiro atoms. The highest BCUT2D eigenvalue weighted by molar-refractivity contribution is 6.01. The van der Waals surface area contributed by atoms with Gasteiger partial charge in [-0.2, -0.15) is 0 Å². The van der Waals surface area contributed by atoms with Crippen molar-refractivity contribution >= 4 is 23.3 Å². The first-order chi connectivity index (χ1) is 11.9. The number of fused-ring (bicyclic) bond motifs is 1. The average molecular weight is 340 g/mol. The molecule has 0 saturated heterocycles. The van der Waals surface area contributed by atoms with Gasteiger partial charge < -0.3 is 14.6 Å². The zero-order chi connectivity index (χ0) is 18.1. The van der Waals surface area contributed by atoms with Gasteiger partial charge in [0.1, 0.15) is 5.69 Å². The van der Waals surface area contributed by atoms with E-state index in [0.29, 0.717) is 5.56 Å². The molecule has 0 aliphatic carbocycles. The van der Waals surface area contributed by atoms with Crippen molar-refractivity contribution in [2.24, 2.45) is 0 Å². The number of benzene rings is 1. The number of hydrogen-bond donors (Lipinski definition) is 1. The first-order valence-corrected chi connectivity index (χ1v) is 8.19. The van der Waals surface area contributed by atoms with Crippen LogP contribution >= 0.6 is 0 Å². The number of aromatic amines is 1. The van der Waals surface area contributed by atoms with E-state index in [1.165, 1.54) is 19.2 Å². The number of Topliss-reactive ketones (excluding diaryl/α,β-unsaturated/α-hetero) is 1. The lowest BCUT2D eigenvalue weighted by atomic mass is 10.1. The molecule has 3 rings (SSSR count). The Morgan fingerprint density at radius 3 is 2.68 bits per heavy atom. The van der Waals surface area contributed by atoms with Crippen molar-refractivity contribution in [3.63, 3.8) is 0 Å². The van der Waals surface area contributed by atoms with E-state index >= 15 is 0 Å². The number of ketones is 1. The molecule has 6 heteroatoms. The third kappa shape index (κ3) is 3.20. The molecule has 0 radical (unpaired) electrons. The molecule has 1 aliphatic rings. The van der Waals surface area contributed by atoms with E-state index in [0.717, 1.165) is 17.7 Å². The first-order valence-electron chi connectivity index (χ1n) is 8.19. The second-order valence-electron chi connectivity index (χ2n) is 6.30. The highest BCUT2D eigenvalue weighted by Gasteiger charge is 2.34. The van der Waals surface area contributed by atoms with E-state index in [2.05, 4.69) is 4.98 Å². The molecule has 2 aromatic rings. The van der Waals surface area contributed by atoms with Crippen LogP contribution < -0.4 is 4.90 Å². The summed E-state index contributed by atoms with van der Waals surface area (Å²) in [6.07, 6.45) is 1.30. The van der Waals surface area contributed by atoms with Crippen molar-refractivity contribution in [2.45, 2.75) is 39.3 Å². The van der Waals surface area contributed by atoms with Gasteiger partial charge in [0.15, 0.2) is 11.9 Å². The van der Waals surface area contributed by atoms with Crippen LogP contribution in [0.5, 0.6) is 0 Å². The van der Waals surface area contributed by atoms with Crippen LogP contribution in [0, 0.1) is 0 Å². The summed E-state index contributed by atoms with van der Waals surface area (Å²) >= 11 is 0. The minimum absolute atomic E-state index is 0.0147. The van der Waals surface area contributed by atoms with Crippen molar-refractivity contribution in [1.29, 1.82) is 0 Å². The second-order valence-corrected chi connectivity index (χ2v) is 6.30. The molecule has 1 amide bonds. The van der Waals surface area contributed by atoms with Gasteiger partial charge >= 0.3 is 5.97 Å². The van der Waals surface area contributed by atoms with Crippen LogP contribution in [0.25, 0.3) is 0 Å². The summed E-state index contributed by atoms with van der Waals surface area (Å²) in [7, 11) is 0. The smallest absolute Gasteiger partial charge is 0.355 e. The number of carbonyl (C=O) groups is 3. The third-order valence-corrected chi connectivity index (χ3v) is 4.39. The molecule has 1 aromatic heterocycles. The Morgan fingerprint density at radius 1 is 1.28 bits per heavy atom. The molecular weight excluding hydrogens is 320 g/mol. The number of anilines is 1. The lowest BCUT2D eigenvalue weighted by Gasteiger charge is -2.25. The Bertz CT molecular complexity index is 839. The van der Waals surface area contributed by atoms with Gasteiger partial charge in [-0.1, -0.05) is 18.2 Å². The van der Waals surface area contributed by atoms with E-state index in [1.54, 1.807) is 11.8 Å². The average Bonchev–Trinajstić information content (AvgIpc) is 3.18. The molecule has 0 unspecified atom stereocenters. The summed E-state index contributed by atoms with van der Waals surface area (Å²) in [5, 5.41) is 0. The Kier molecular flexibility index (Phi) is 4.44. The topological polar surface area (TPSA) is 79.5 Å². The normalized spacial score (nSPS) is 17.1. The maximum absolute atomic E-state index is 12.8. The highest BCUT2D eigenvalue weighted by atomic mass is 16.5. The van der Waals surface area contributed by atoms with Crippen LogP contribution in [-0.4, -0.2) is 34.8 Å². The number of nitrogens with zero attached hydrogens (tertiary/aromatic N) is 1. The molecule has 0 bridgehead atoms. The number of rotatable bonds is 4. The van der Waals surface area contributed by atoms with Crippen molar-refractivity contribution in [3.8, 4) is 0 Å². The Hall–Kier alpha value is -2.89. The van der Waals surface area contributed by atoms with Crippen LogP contribution in [-0.2, 0) is 16.0 Å². The van der Waals surface area contributed by atoms with Crippen LogP contribution in [0.4, 0.5) is 5.69 Å². The van der Waals surface area contributed by atoms with Gasteiger partial charge in [-0.3, -0.25) is 9.59 Å². The molecule has 1 aromatic carbocycles. The van der Waals surface area contributed by atoms with Crippen LogP contribution in [0.2, 0.25) is 0 Å². The first kappa shape index (κ1) is 17.0. The molecule has 2 atom stereocenters. The van der Waals surface area contributed by atoms with Gasteiger partial charge in [-0.05, 0) is 44.9 Å². The van der Waals surface area contributed by atoms with E-state index in [4.69, 9.17) is 4.74 Å². The molecule has 1 aliphatic heterocycles. The summed E-state index contributed by atoms with van der Waals surface area (Å²) in [4.78, 5) is 40.7. The third-order valence-electron chi connectivity index (χ3n) is 4.39. The van der Waals surface area contributed by atoms with Gasteiger partial charge in [0.05, 0.1) is 0 Å². The number of esters is 1. The highest BCUT2D eigenvalue weighted by Crippen LogP contribution is 2.32. The Labute approximate surface area is 145 Å². The Morgan fingerprint density at radius 2 is 2.00 bits per heavy atom. The minimum atomic E-state index is -0.926. The number of H-pyrrole nitrogens is 1. The van der Waals surface area contributed by atoms with Crippen molar-refractivity contribution < 1.29 is 19.1 Å². The second kappa shape index (κ2) is 6.55. The number of hydrogen-bond acceptors (Lipinski definition) is 4. The lowest BCUT2D eigenvalue weighted by molar-refractivity contribution is -0.126. The summed E-state index contributed by atoms with van der Waals surface area (Å²) in [5.74, 6) is -1.07. The number of carbonyl (C=O) groups excluding carboxylic acids is 3. The fourth-order valence-electron chi connectivity index (χ4n) is 3.09. The van der Waals surface area contributed by atoms with E-state index in [9.17, 15) is 14.4 Å². The number of ether oxygens (including phenoxy) is 1. The quantitative estimate of drug-likeness (QED) is 0.685. The summed E-state index contributed by atoms with van der Waals surface area (Å²) in [6.45, 7) is 4.94. The molecule has 130 valence electrons. The van der Waals surface area contributed by atoms with E-state index < -0.39 is 12.1 Å². The zero-order valence-corrected chi connectivity index (χ0v) is 14.4. The number of para-hydroxylation sites is 1. The molecule has 6 nitrogen and oxygen atoms in total. The molecule has 0 saturated carbocycles.